The predicted molar refractivity (Wildman–Crippen MR) is 87.9 cm³/mol. The Kier molecular flexibility index (Phi) is 6.54. The van der Waals surface area contributed by atoms with Crippen molar-refractivity contribution in [3.63, 3.8) is 0 Å². The van der Waals surface area contributed by atoms with Crippen LogP contribution < -0.4 is 62.4 Å². The van der Waals surface area contributed by atoms with Gasteiger partial charge < -0.3 is 14.0 Å². The van der Waals surface area contributed by atoms with Crippen molar-refractivity contribution in [2.24, 2.45) is 0 Å². The van der Waals surface area contributed by atoms with Crippen LogP contribution in [0.5, 0.6) is 0 Å². The summed E-state index contributed by atoms with van der Waals surface area (Å²) in [5.74, 6) is -0.687. The van der Waals surface area contributed by atoms with Crippen LogP contribution in [0.25, 0.3) is 11.0 Å². The first-order valence-corrected chi connectivity index (χ1v) is 7.35. The minimum Gasteiger partial charge on any atom is -0.455 e. The van der Waals surface area contributed by atoms with E-state index >= 15 is 0 Å². The van der Waals surface area contributed by atoms with E-state index in [9.17, 15) is 14.4 Å². The van der Waals surface area contributed by atoms with Gasteiger partial charge in [-0.3, -0.25) is 4.79 Å². The molecule has 0 saturated heterocycles. The minimum absolute atomic E-state index is 0. The smallest absolute Gasteiger partial charge is 0.455 e. The van der Waals surface area contributed by atoms with Crippen molar-refractivity contribution in [3.8, 4) is 0 Å². The Hall–Kier alpha value is -1.24. The largest absolute Gasteiger partial charge is 1.00 e. The predicted octanol–water partition coefficient (Wildman–Crippen LogP) is -0.0129. The molecule has 0 aliphatic heterocycles. The van der Waals surface area contributed by atoms with Crippen LogP contribution >= 0.6 is 0 Å². The van der Waals surface area contributed by atoms with Gasteiger partial charge in [-0.05, 0) is 18.9 Å². The number of para-hydroxylation sites is 1. The van der Waals surface area contributed by atoms with Crippen molar-refractivity contribution in [3.05, 3.63) is 86.4 Å². The third kappa shape index (κ3) is 3.87. The van der Waals surface area contributed by atoms with Crippen LogP contribution in [0, 0.1) is 0 Å². The first-order chi connectivity index (χ1) is 11.1. The normalized spacial score (nSPS) is 11.7. The number of hydrogen-bond acceptors (Lipinski definition) is 4. The van der Waals surface area contributed by atoms with Crippen LogP contribution in [-0.2, 0) is 4.79 Å². The van der Waals surface area contributed by atoms with Gasteiger partial charge in [-0.1, -0.05) is 59.0 Å². The molecule has 5 heteroatoms. The van der Waals surface area contributed by atoms with Crippen LogP contribution in [0.4, 0.5) is 0 Å². The summed E-state index contributed by atoms with van der Waals surface area (Å²) < 4.78 is 5.29. The monoisotopic (exact) mass is 346 g/mol. The molecule has 3 rings (SSSR count). The van der Waals surface area contributed by atoms with Crippen LogP contribution in [0.15, 0.2) is 68.6 Å². The third-order valence-corrected chi connectivity index (χ3v) is 3.84. The second-order valence-corrected chi connectivity index (χ2v) is 5.50. The number of rotatable bonds is 4. The quantitative estimate of drug-likeness (QED) is 0.379. The Morgan fingerprint density at radius 1 is 1.04 bits per heavy atom. The van der Waals surface area contributed by atoms with Gasteiger partial charge in [0, 0.05) is 11.8 Å². The van der Waals surface area contributed by atoms with Gasteiger partial charge in [-0.25, -0.2) is 0 Å². The summed E-state index contributed by atoms with van der Waals surface area (Å²) in [6.07, 6.45) is 0.0857. The second-order valence-electron chi connectivity index (χ2n) is 5.50. The molecule has 0 aliphatic rings. The third-order valence-electron chi connectivity index (χ3n) is 3.84. The first kappa shape index (κ1) is 19.1. The number of Topliss-reactive ketones (excluding diaryl/α,β-unsaturated/α-hetero) is 1. The summed E-state index contributed by atoms with van der Waals surface area (Å²) in [5, 5.41) is 0.353. The second kappa shape index (κ2) is 8.23. The molecule has 0 radical (unpaired) electrons. The Bertz CT molecular complexity index is 970. The summed E-state index contributed by atoms with van der Waals surface area (Å²) in [6, 6.07) is 15.7. The van der Waals surface area contributed by atoms with Gasteiger partial charge in [-0.15, -0.1) is 6.07 Å². The molecule has 0 fully saturated rings. The molecule has 1 atom stereocenters. The van der Waals surface area contributed by atoms with E-state index in [1.54, 1.807) is 24.3 Å². The number of hydrogen-bond donors (Lipinski definition) is 0. The van der Waals surface area contributed by atoms with Crippen molar-refractivity contribution in [1.82, 2.24) is 0 Å². The summed E-state index contributed by atoms with van der Waals surface area (Å²) >= 11 is 0. The van der Waals surface area contributed by atoms with E-state index in [-0.39, 0.29) is 80.2 Å². The van der Waals surface area contributed by atoms with Gasteiger partial charge >= 0.3 is 51.4 Å². The van der Waals surface area contributed by atoms with Gasteiger partial charge in [0.1, 0.15) is 5.78 Å². The molecule has 116 valence electrons. The minimum atomic E-state index is -0.677. The fraction of sp³-hybridized carbons (Fsp3) is 0.158. The molecule has 24 heavy (non-hydrogen) atoms. The zero-order valence-electron chi connectivity index (χ0n) is 13.6. The fourth-order valence-electron chi connectivity index (χ4n) is 2.80. The van der Waals surface area contributed by atoms with Crippen LogP contribution in [0.3, 0.4) is 0 Å². The maximum Gasteiger partial charge on any atom is 1.00 e. The number of carbonyl (C=O) groups is 1. The number of carbonyl (C=O) groups excluding carboxylic acids is 1. The summed E-state index contributed by atoms with van der Waals surface area (Å²) in [7, 11) is 0. The molecule has 0 bridgehead atoms. The number of benzene rings is 2. The Morgan fingerprint density at radius 3 is 2.33 bits per heavy atom. The maximum atomic E-state index is 12.8. The molecule has 1 aromatic heterocycles. The standard InChI is InChI=1S/C19H15O4.K/c1-12(20)11-15(13-7-3-2-4-8-13)17-18(21)14-9-5-6-10-16(14)23-19(17)22;/h2-10,15H,11H2,1H3;/q-1;+1. The molecular formula is C19H15KO4. The molecular weight excluding hydrogens is 331 g/mol. The molecule has 0 spiro atoms. The topological polar surface area (TPSA) is 64.3 Å². The number of ketones is 1. The van der Waals surface area contributed by atoms with Gasteiger partial charge in [0.25, 0.3) is 5.63 Å². The Labute approximate surface area is 181 Å². The summed E-state index contributed by atoms with van der Waals surface area (Å²) in [6.45, 7) is 1.45. The molecule has 0 N–H and O–H groups in total. The Morgan fingerprint density at radius 2 is 1.67 bits per heavy atom. The van der Waals surface area contributed by atoms with Gasteiger partial charge in [0.15, 0.2) is 0 Å². The van der Waals surface area contributed by atoms with Gasteiger partial charge in [0.2, 0.25) is 0 Å². The fourth-order valence-corrected chi connectivity index (χ4v) is 2.80. The van der Waals surface area contributed by atoms with Crippen molar-refractivity contribution < 1.29 is 60.6 Å². The van der Waals surface area contributed by atoms with Crippen LogP contribution in [0.1, 0.15) is 30.4 Å². The van der Waals surface area contributed by atoms with E-state index in [1.807, 2.05) is 30.3 Å². The molecule has 0 amide bonds. The van der Waals surface area contributed by atoms with Crippen LogP contribution in [0.2, 0.25) is 0 Å². The van der Waals surface area contributed by atoms with Crippen molar-refractivity contribution in [2.45, 2.75) is 19.3 Å². The van der Waals surface area contributed by atoms with E-state index in [4.69, 9.17) is 4.42 Å². The SMILES string of the molecule is CC(=O)CC(c1ccccc1)[c-]1c(=O)oc2ccccc2c1=O.[K+]. The van der Waals surface area contributed by atoms with Crippen molar-refractivity contribution in [1.29, 1.82) is 0 Å². The van der Waals surface area contributed by atoms with E-state index in [1.165, 1.54) is 6.92 Å². The summed E-state index contributed by atoms with van der Waals surface area (Å²) in [5.41, 5.74) is -0.0101. The zero-order chi connectivity index (χ0) is 16.4. The van der Waals surface area contributed by atoms with Crippen LogP contribution in [-0.4, -0.2) is 5.78 Å². The van der Waals surface area contributed by atoms with Gasteiger partial charge in [0.05, 0.1) is 5.58 Å². The molecule has 1 unspecified atom stereocenters. The first-order valence-electron chi connectivity index (χ1n) is 7.35. The molecule has 0 aliphatic carbocycles. The van der Waals surface area contributed by atoms with E-state index in [0.717, 1.165) is 5.56 Å². The zero-order valence-corrected chi connectivity index (χ0v) is 16.7. The van der Waals surface area contributed by atoms with Crippen molar-refractivity contribution >= 4 is 16.8 Å². The molecule has 0 saturated carbocycles. The maximum absolute atomic E-state index is 12.8. The molecule has 2 aromatic carbocycles. The molecule has 4 nitrogen and oxygen atoms in total. The summed E-state index contributed by atoms with van der Waals surface area (Å²) in [4.78, 5) is 36.8. The number of fused-ring (bicyclic) bond motifs is 1. The molecule has 1 heterocycles. The van der Waals surface area contributed by atoms with E-state index < -0.39 is 11.5 Å². The van der Waals surface area contributed by atoms with Crippen molar-refractivity contribution in [2.75, 3.05) is 0 Å². The molecule has 3 aromatic rings. The van der Waals surface area contributed by atoms with E-state index in [0.29, 0.717) is 5.39 Å². The Balaban J connectivity index is 0.00000208. The van der Waals surface area contributed by atoms with Gasteiger partial charge in [-0.2, -0.15) is 0 Å². The average Bonchev–Trinajstić information content (AvgIpc) is 2.54. The van der Waals surface area contributed by atoms with E-state index in [2.05, 4.69) is 0 Å². The average molecular weight is 346 g/mol.